The molecule has 2 N–H and O–H groups in total. The first kappa shape index (κ1) is 16.5. The summed E-state index contributed by atoms with van der Waals surface area (Å²) < 4.78 is 17.6. The van der Waals surface area contributed by atoms with Crippen LogP contribution in [0.5, 0.6) is 0 Å². The highest BCUT2D eigenvalue weighted by atomic mass is 32.2. The van der Waals surface area contributed by atoms with Crippen LogP contribution in [0.15, 0.2) is 30.3 Å². The number of nitrogens with two attached hydrogens (primary N) is 1. The molecule has 2 aromatic rings. The standard InChI is InChI=1S/C16H18N2S.H3NO2S/c1-16(2)12(10-6-4-3-5-7-10)13(16)15-18-17-14(19-15)11-8-9-11;1-4(2)3/h3-7,11-13H,8-9H2,1-2H3;4H,(H2,1,2,3)/t12-,13+;/m0./s1. The van der Waals surface area contributed by atoms with Gasteiger partial charge in [-0.25, -0.2) is 13.6 Å². The van der Waals surface area contributed by atoms with Crippen LogP contribution in [-0.4, -0.2) is 18.6 Å². The lowest BCUT2D eigenvalue weighted by Gasteiger charge is -2.01. The van der Waals surface area contributed by atoms with Gasteiger partial charge in [0, 0.05) is 11.8 Å². The van der Waals surface area contributed by atoms with Gasteiger partial charge in [-0.15, -0.1) is 21.5 Å². The summed E-state index contributed by atoms with van der Waals surface area (Å²) in [5.74, 6) is 1.89. The fourth-order valence-electron chi connectivity index (χ4n) is 3.25. The second-order valence-electron chi connectivity index (χ2n) is 6.73. The Hall–Kier alpha value is -1.31. The minimum atomic E-state index is -2.62. The third-order valence-corrected chi connectivity index (χ3v) is 5.80. The van der Waals surface area contributed by atoms with E-state index in [4.69, 9.17) is 8.42 Å². The molecule has 2 atom stereocenters. The fourth-order valence-corrected chi connectivity index (χ4v) is 4.60. The van der Waals surface area contributed by atoms with E-state index in [2.05, 4.69) is 59.5 Å². The lowest BCUT2D eigenvalue weighted by Crippen LogP contribution is -1.90. The molecule has 124 valence electrons. The second-order valence-corrected chi connectivity index (χ2v) is 8.34. The first-order valence-corrected chi connectivity index (χ1v) is 9.75. The minimum absolute atomic E-state index is 0.321. The van der Waals surface area contributed by atoms with Crippen molar-refractivity contribution in [2.24, 2.45) is 10.6 Å². The summed E-state index contributed by atoms with van der Waals surface area (Å²) in [5.41, 5.74) is 1.77. The second kappa shape index (κ2) is 6.30. The van der Waals surface area contributed by atoms with Crippen molar-refractivity contribution in [2.75, 3.05) is 0 Å². The molecule has 1 aromatic carbocycles. The Kier molecular flexibility index (Phi) is 4.53. The number of hydrogen-bond donors (Lipinski definition) is 2. The highest BCUT2D eigenvalue weighted by molar-refractivity contribution is 7.69. The molecular formula is C16H21N3O2S2. The molecular weight excluding hydrogens is 330 g/mol. The third kappa shape index (κ3) is 3.62. The van der Waals surface area contributed by atoms with Crippen molar-refractivity contribution in [1.82, 2.24) is 10.2 Å². The molecule has 5 nitrogen and oxygen atoms in total. The molecule has 0 amide bonds. The van der Waals surface area contributed by atoms with Crippen molar-refractivity contribution in [1.29, 1.82) is 0 Å². The first-order chi connectivity index (χ1) is 10.9. The minimum Gasteiger partial charge on any atom is -0.231 e. The van der Waals surface area contributed by atoms with Gasteiger partial charge in [0.05, 0.1) is 0 Å². The fraction of sp³-hybridized carbons (Fsp3) is 0.500. The first-order valence-electron chi connectivity index (χ1n) is 7.68. The smallest absolute Gasteiger partial charge is 0.198 e. The van der Waals surface area contributed by atoms with Crippen LogP contribution in [0, 0.1) is 5.41 Å². The quantitative estimate of drug-likeness (QED) is 0.833. The normalized spacial score (nSPS) is 24.9. The predicted octanol–water partition coefficient (Wildman–Crippen LogP) is 2.79. The van der Waals surface area contributed by atoms with Crippen LogP contribution >= 0.6 is 11.3 Å². The van der Waals surface area contributed by atoms with E-state index in [0.717, 1.165) is 5.92 Å². The van der Waals surface area contributed by atoms with Gasteiger partial charge in [-0.2, -0.15) is 0 Å². The van der Waals surface area contributed by atoms with Crippen molar-refractivity contribution >= 4 is 22.2 Å². The van der Waals surface area contributed by atoms with Gasteiger partial charge in [-0.1, -0.05) is 44.2 Å². The molecule has 0 unspecified atom stereocenters. The van der Waals surface area contributed by atoms with Crippen LogP contribution in [0.4, 0.5) is 0 Å². The highest BCUT2D eigenvalue weighted by Crippen LogP contribution is 2.70. The van der Waals surface area contributed by atoms with Crippen LogP contribution in [0.25, 0.3) is 0 Å². The molecule has 7 heteroatoms. The average Bonchev–Trinajstić information content (AvgIpc) is 3.37. The number of rotatable bonds is 3. The number of nitrogens with zero attached hydrogens (tertiary/aromatic N) is 2. The molecule has 2 fully saturated rings. The number of thiol groups is 1. The summed E-state index contributed by atoms with van der Waals surface area (Å²) in [6, 6.07) is 10.8. The molecule has 2 aliphatic carbocycles. The van der Waals surface area contributed by atoms with Gasteiger partial charge in [-0.05, 0) is 29.7 Å². The average molecular weight is 351 g/mol. The molecule has 0 radical (unpaired) electrons. The maximum atomic E-state index is 8.81. The molecule has 2 aliphatic rings. The van der Waals surface area contributed by atoms with E-state index >= 15 is 0 Å². The summed E-state index contributed by atoms with van der Waals surface area (Å²) in [6.45, 7) is 4.71. The Bertz CT molecular complexity index is 744. The van der Waals surface area contributed by atoms with E-state index in [0.29, 0.717) is 17.3 Å². The van der Waals surface area contributed by atoms with Crippen LogP contribution in [0.3, 0.4) is 0 Å². The van der Waals surface area contributed by atoms with Crippen LogP contribution in [-0.2, 0) is 10.9 Å². The van der Waals surface area contributed by atoms with E-state index in [1.54, 1.807) is 0 Å². The topological polar surface area (TPSA) is 85.9 Å². The Morgan fingerprint density at radius 2 is 1.65 bits per heavy atom. The van der Waals surface area contributed by atoms with Gasteiger partial charge in [-0.3, -0.25) is 0 Å². The highest BCUT2D eigenvalue weighted by Gasteiger charge is 2.60. The zero-order chi connectivity index (χ0) is 16.6. The molecule has 1 heterocycles. The molecule has 2 saturated carbocycles. The van der Waals surface area contributed by atoms with Crippen LogP contribution in [0.1, 0.15) is 60.0 Å². The predicted molar refractivity (Wildman–Crippen MR) is 92.1 cm³/mol. The Morgan fingerprint density at radius 1 is 1.09 bits per heavy atom. The molecule has 23 heavy (non-hydrogen) atoms. The van der Waals surface area contributed by atoms with E-state index in [9.17, 15) is 0 Å². The summed E-state index contributed by atoms with van der Waals surface area (Å²) in [5, 5.41) is 15.5. The Labute approximate surface area is 142 Å². The lowest BCUT2D eigenvalue weighted by atomic mass is 10.0. The summed E-state index contributed by atoms with van der Waals surface area (Å²) in [6.07, 6.45) is 2.62. The lowest BCUT2D eigenvalue weighted by molar-refractivity contribution is 0.599. The maximum Gasteiger partial charge on any atom is 0.198 e. The monoisotopic (exact) mass is 351 g/mol. The van der Waals surface area contributed by atoms with Crippen molar-refractivity contribution < 1.29 is 8.42 Å². The van der Waals surface area contributed by atoms with Gasteiger partial charge in [0.25, 0.3) is 0 Å². The maximum absolute atomic E-state index is 8.81. The van der Waals surface area contributed by atoms with Crippen molar-refractivity contribution in [2.45, 2.75) is 44.4 Å². The molecule has 4 rings (SSSR count). The van der Waals surface area contributed by atoms with Gasteiger partial charge >= 0.3 is 0 Å². The molecule has 0 saturated heterocycles. The SMILES string of the molecule is CC1(C)[C@@H](c2ccccc2)[C@@H]1c1nnc(C2CC2)s1.N[SH](=O)=O. The van der Waals surface area contributed by atoms with Crippen molar-refractivity contribution in [3.63, 3.8) is 0 Å². The van der Waals surface area contributed by atoms with Crippen LogP contribution in [0.2, 0.25) is 0 Å². The zero-order valence-electron chi connectivity index (χ0n) is 13.2. The summed E-state index contributed by atoms with van der Waals surface area (Å²) in [4.78, 5) is 0. The van der Waals surface area contributed by atoms with Gasteiger partial charge in [0.2, 0.25) is 0 Å². The summed E-state index contributed by atoms with van der Waals surface area (Å²) >= 11 is 1.85. The number of benzene rings is 1. The summed E-state index contributed by atoms with van der Waals surface area (Å²) in [7, 11) is -2.62. The van der Waals surface area contributed by atoms with E-state index < -0.39 is 10.9 Å². The van der Waals surface area contributed by atoms with E-state index in [1.165, 1.54) is 28.4 Å². The van der Waals surface area contributed by atoms with Gasteiger partial charge < -0.3 is 0 Å². The molecule has 0 bridgehead atoms. The van der Waals surface area contributed by atoms with Gasteiger partial charge in [0.15, 0.2) is 10.9 Å². The van der Waals surface area contributed by atoms with Gasteiger partial charge in [0.1, 0.15) is 10.0 Å². The van der Waals surface area contributed by atoms with Crippen LogP contribution < -0.4 is 5.14 Å². The van der Waals surface area contributed by atoms with E-state index in [1.807, 2.05) is 11.3 Å². The number of aromatic nitrogens is 2. The van der Waals surface area contributed by atoms with Crippen molar-refractivity contribution in [3.8, 4) is 0 Å². The van der Waals surface area contributed by atoms with Crippen molar-refractivity contribution in [3.05, 3.63) is 45.9 Å². The third-order valence-electron chi connectivity index (χ3n) is 4.63. The zero-order valence-corrected chi connectivity index (χ0v) is 14.9. The van der Waals surface area contributed by atoms with E-state index in [-0.39, 0.29) is 0 Å². The molecule has 0 aliphatic heterocycles. The largest absolute Gasteiger partial charge is 0.231 e. The number of hydrogen-bond acceptors (Lipinski definition) is 5. The Morgan fingerprint density at radius 3 is 2.22 bits per heavy atom. The molecule has 1 aromatic heterocycles. The molecule has 0 spiro atoms. The Balaban J connectivity index is 0.000000354.